The second-order valence-corrected chi connectivity index (χ2v) is 3.23. The molecule has 0 aromatic carbocycles. The van der Waals surface area contributed by atoms with E-state index in [0.717, 1.165) is 5.75 Å². The van der Waals surface area contributed by atoms with Gasteiger partial charge in [0.05, 0.1) is 0 Å². The SMILES string of the molecule is B#S(=BB)CCC. The molecule has 36 valence electrons. The number of rotatable bonds is 1. The molecular formula is C3H9B3S. The van der Waals surface area contributed by atoms with Gasteiger partial charge in [0, 0.05) is 0 Å². The molecule has 0 spiro atoms. The average Bonchev–Trinajstić information content (AvgIpc) is 1.68. The molecule has 0 fully saturated rings. The summed E-state index contributed by atoms with van der Waals surface area (Å²) in [4.78, 5) is 0. The molecule has 0 N–H and O–H groups in total. The van der Waals surface area contributed by atoms with E-state index in [1.165, 1.54) is 6.42 Å². The molecule has 0 bridgehead atoms. The number of hydrogen-bond donors (Lipinski definition) is 0. The molecule has 0 atom stereocenters. The monoisotopic (exact) mass is 110 g/mol. The molecule has 0 heterocycles. The van der Waals surface area contributed by atoms with Crippen molar-refractivity contribution >= 4 is 29.9 Å². The van der Waals surface area contributed by atoms with Crippen molar-refractivity contribution in [3.63, 3.8) is 0 Å². The Morgan fingerprint density at radius 1 is 1.86 bits per heavy atom. The van der Waals surface area contributed by atoms with Crippen molar-refractivity contribution in [3.05, 3.63) is 0 Å². The predicted molar refractivity (Wildman–Crippen MR) is 42.8 cm³/mol. The van der Waals surface area contributed by atoms with Crippen LogP contribution in [-0.2, 0) is 0 Å². The zero-order valence-corrected chi connectivity index (χ0v) is 5.79. The van der Waals surface area contributed by atoms with E-state index in [0.29, 0.717) is 0 Å². The summed E-state index contributed by atoms with van der Waals surface area (Å²) in [7, 11) is 2.11. The van der Waals surface area contributed by atoms with Crippen molar-refractivity contribution in [1.29, 1.82) is 0 Å². The van der Waals surface area contributed by atoms with E-state index in [2.05, 4.69) is 13.0 Å². The van der Waals surface area contributed by atoms with Crippen LogP contribution in [0, 0.1) is 0 Å². The first-order valence-corrected chi connectivity index (χ1v) is 4.06. The van der Waals surface area contributed by atoms with Gasteiger partial charge in [-0.05, 0) is 0 Å². The van der Waals surface area contributed by atoms with Crippen molar-refractivity contribution in [3.8, 4) is 0 Å². The summed E-state index contributed by atoms with van der Waals surface area (Å²) in [6.07, 6.45) is 1.20. The minimum absolute atomic E-state index is 0.0980. The third-order valence-corrected chi connectivity index (χ3v) is 2.23. The molecule has 4 heteroatoms. The van der Waals surface area contributed by atoms with Crippen LogP contribution in [-0.4, -0.2) is 26.1 Å². The first-order chi connectivity index (χ1) is 3.31. The maximum atomic E-state index is 5.56. The van der Waals surface area contributed by atoms with Gasteiger partial charge in [-0.15, -0.1) is 0 Å². The molecule has 0 radical (unpaired) electrons. The van der Waals surface area contributed by atoms with E-state index >= 15 is 0 Å². The van der Waals surface area contributed by atoms with Crippen LogP contribution < -0.4 is 0 Å². The second kappa shape index (κ2) is 4.57. The van der Waals surface area contributed by atoms with Crippen molar-refractivity contribution in [1.82, 2.24) is 0 Å². The van der Waals surface area contributed by atoms with Gasteiger partial charge in [-0.3, -0.25) is 0 Å². The Labute approximate surface area is 49.6 Å². The van der Waals surface area contributed by atoms with E-state index in [4.69, 9.17) is 6.53 Å². The third-order valence-electron chi connectivity index (χ3n) is 0.743. The van der Waals surface area contributed by atoms with Gasteiger partial charge >= 0.3 is 49.0 Å². The van der Waals surface area contributed by atoms with Crippen LogP contribution in [0.4, 0.5) is 0 Å². The van der Waals surface area contributed by atoms with Crippen LogP contribution in [0.2, 0.25) is 0 Å². The molecule has 0 aliphatic rings. The Morgan fingerprint density at radius 3 is 2.57 bits per heavy atom. The summed E-state index contributed by atoms with van der Waals surface area (Å²) >= 11 is 0. The summed E-state index contributed by atoms with van der Waals surface area (Å²) in [5.74, 6) is 1.15. The normalized spacial score (nSPS) is 11.0. The topological polar surface area (TPSA) is 0 Å². The van der Waals surface area contributed by atoms with Crippen molar-refractivity contribution < 1.29 is 0 Å². The fourth-order valence-corrected chi connectivity index (χ4v) is 1.06. The Morgan fingerprint density at radius 2 is 2.43 bits per heavy atom. The zero-order valence-electron chi connectivity index (χ0n) is 4.98. The molecule has 0 nitrogen and oxygen atoms in total. The average molecular weight is 110 g/mol. The van der Waals surface area contributed by atoms with Crippen LogP contribution >= 0.6 is 9.56 Å². The molecule has 0 saturated carbocycles. The van der Waals surface area contributed by atoms with Gasteiger partial charge in [-0.1, -0.05) is 0 Å². The second-order valence-electron chi connectivity index (χ2n) is 1.41. The Balaban J connectivity index is 3.47. The van der Waals surface area contributed by atoms with E-state index < -0.39 is 0 Å². The Kier molecular flexibility index (Phi) is 4.84. The van der Waals surface area contributed by atoms with E-state index in [1.54, 1.807) is 0 Å². The van der Waals surface area contributed by atoms with Crippen LogP contribution in [0.1, 0.15) is 13.3 Å². The molecule has 7 heavy (non-hydrogen) atoms. The van der Waals surface area contributed by atoms with Gasteiger partial charge < -0.3 is 0 Å². The summed E-state index contributed by atoms with van der Waals surface area (Å²) in [5.41, 5.74) is 0. The molecule has 0 rings (SSSR count). The summed E-state index contributed by atoms with van der Waals surface area (Å²) in [6, 6.07) is 2.06. The Hall–Kier alpha value is 0.415. The maximum absolute atomic E-state index is 5.56. The van der Waals surface area contributed by atoms with Crippen molar-refractivity contribution in [2.24, 2.45) is 0 Å². The van der Waals surface area contributed by atoms with Gasteiger partial charge in [0.2, 0.25) is 0 Å². The molecular weight excluding hydrogens is 101 g/mol. The Bertz CT molecular complexity index is 143. The van der Waals surface area contributed by atoms with Crippen LogP contribution in [0.3, 0.4) is 0 Å². The third kappa shape index (κ3) is 4.26. The predicted octanol–water partition coefficient (Wildman–Crippen LogP) is -0.0839. The van der Waals surface area contributed by atoms with Gasteiger partial charge in [-0.25, -0.2) is 0 Å². The fraction of sp³-hybridized carbons (Fsp3) is 1.00. The van der Waals surface area contributed by atoms with Crippen LogP contribution in [0.25, 0.3) is 0 Å². The van der Waals surface area contributed by atoms with Crippen molar-refractivity contribution in [2.45, 2.75) is 13.3 Å². The van der Waals surface area contributed by atoms with Gasteiger partial charge in [-0.2, -0.15) is 0 Å². The zero-order chi connectivity index (χ0) is 5.70. The van der Waals surface area contributed by atoms with E-state index in [-0.39, 0.29) is 9.56 Å². The van der Waals surface area contributed by atoms with Crippen LogP contribution in [0.5, 0.6) is 0 Å². The quantitative estimate of drug-likeness (QED) is 0.413. The summed E-state index contributed by atoms with van der Waals surface area (Å²) in [5, 5.41) is 0. The van der Waals surface area contributed by atoms with Gasteiger partial charge in [0.25, 0.3) is 0 Å². The van der Waals surface area contributed by atoms with E-state index in [1.807, 2.05) is 7.74 Å². The first kappa shape index (κ1) is 7.41. The first-order valence-electron chi connectivity index (χ1n) is 2.54. The standard InChI is InChI=1S/C3H9B3S/c1-2-3-7(5)6-4/h2-4H2,1H3. The molecule has 0 aliphatic carbocycles. The van der Waals surface area contributed by atoms with Crippen molar-refractivity contribution in [2.75, 3.05) is 5.75 Å². The molecule has 0 aliphatic heterocycles. The minimum atomic E-state index is 0.0980. The summed E-state index contributed by atoms with van der Waals surface area (Å²) < 4.78 is 0. The van der Waals surface area contributed by atoms with Crippen LogP contribution in [0.15, 0.2) is 0 Å². The molecule has 0 saturated heterocycles. The van der Waals surface area contributed by atoms with E-state index in [9.17, 15) is 0 Å². The fourth-order valence-electron chi connectivity index (χ4n) is 0.354. The molecule has 0 unspecified atom stereocenters. The molecule has 0 aromatic heterocycles. The number of hydrogen-bond acceptors (Lipinski definition) is 0. The van der Waals surface area contributed by atoms with Gasteiger partial charge in [0.1, 0.15) is 0 Å². The summed E-state index contributed by atoms with van der Waals surface area (Å²) in [6.45, 7) is 7.70. The van der Waals surface area contributed by atoms with Gasteiger partial charge in [0.15, 0.2) is 0 Å². The molecule has 0 amide bonds. The molecule has 0 aromatic rings.